The lowest BCUT2D eigenvalue weighted by Gasteiger charge is -2.41. The molecule has 69 heavy (non-hydrogen) atoms. The van der Waals surface area contributed by atoms with Gasteiger partial charge in [0.15, 0.2) is 6.61 Å². The van der Waals surface area contributed by atoms with Crippen molar-refractivity contribution in [3.63, 3.8) is 0 Å². The fourth-order valence-corrected chi connectivity index (χ4v) is 10.8. The van der Waals surface area contributed by atoms with Gasteiger partial charge >= 0.3 is 0 Å². The van der Waals surface area contributed by atoms with Crippen molar-refractivity contribution in [3.8, 4) is 17.2 Å². The molecule has 1 saturated heterocycles. The predicted molar refractivity (Wildman–Crippen MR) is 269 cm³/mol. The summed E-state index contributed by atoms with van der Waals surface area (Å²) in [6.07, 6.45) is 2.76. The van der Waals surface area contributed by atoms with E-state index in [0.29, 0.717) is 56.3 Å². The minimum atomic E-state index is -4.12. The van der Waals surface area contributed by atoms with Crippen molar-refractivity contribution >= 4 is 21.4 Å². The molecule has 0 spiro atoms. The second kappa shape index (κ2) is 23.5. The van der Waals surface area contributed by atoms with Crippen LogP contribution in [0.2, 0.25) is 0 Å². The van der Waals surface area contributed by atoms with Gasteiger partial charge in [0.25, 0.3) is 11.5 Å². The molecular formula is C57H64N2O9S. The molecule has 8 rings (SSSR count). The number of hydrogen-bond acceptors (Lipinski definition) is 10. The number of piperidine rings is 1. The largest absolute Gasteiger partial charge is 0.494 e. The van der Waals surface area contributed by atoms with Crippen LogP contribution in [0.5, 0.6) is 17.2 Å². The molecule has 2 aliphatic heterocycles. The summed E-state index contributed by atoms with van der Waals surface area (Å²) in [7, 11) is -0.748. The standard InChI is InChI=1S/C57H64N2O9S/c1-41-21-28-50(29-22-41)69(61,62)57(68-49-20-11-19-47(37-49)56(45-15-7-5-8-16-45)46-17-9-6-10-18-46)58-33-31-51(44-24-26-48(27-25-44)65-35-12-14-42(2)64-4)54(38-58)66-39-43-23-30-53-52(36-43)59(32-13-34-63-3)55(60)40-67-53/h5-11,15-30,36-37,42,51,54,56-57H,12-14,31-35,38-40H2,1-4H3/t42-,51-,54+,57?/m1/s1. The van der Waals surface area contributed by atoms with Crippen LogP contribution in [0.25, 0.3) is 0 Å². The first-order valence-corrected chi connectivity index (χ1v) is 25.5. The molecule has 2 aliphatic rings. The fourth-order valence-electron chi connectivity index (χ4n) is 9.26. The van der Waals surface area contributed by atoms with E-state index in [1.807, 2.05) is 109 Å². The Balaban J connectivity index is 1.11. The van der Waals surface area contributed by atoms with Crippen LogP contribution in [-0.2, 0) is 35.4 Å². The zero-order valence-corrected chi connectivity index (χ0v) is 40.9. The van der Waals surface area contributed by atoms with Gasteiger partial charge in [-0.2, -0.15) is 0 Å². The van der Waals surface area contributed by atoms with Crippen molar-refractivity contribution in [2.75, 3.05) is 58.6 Å². The number of fused-ring (bicyclic) bond motifs is 1. The predicted octanol–water partition coefficient (Wildman–Crippen LogP) is 10.3. The van der Waals surface area contributed by atoms with E-state index in [1.54, 1.807) is 31.3 Å². The number of methoxy groups -OCH3 is 2. The summed E-state index contributed by atoms with van der Waals surface area (Å²) >= 11 is 0. The Labute approximate surface area is 407 Å². The third kappa shape index (κ3) is 12.4. The molecule has 0 saturated carbocycles. The van der Waals surface area contributed by atoms with Crippen LogP contribution in [0.15, 0.2) is 157 Å². The van der Waals surface area contributed by atoms with Gasteiger partial charge in [0, 0.05) is 52.3 Å². The number of nitrogens with zero attached hydrogens (tertiary/aromatic N) is 2. The zero-order valence-electron chi connectivity index (χ0n) is 40.1. The van der Waals surface area contributed by atoms with E-state index >= 15 is 8.42 Å². The lowest BCUT2D eigenvalue weighted by Crippen LogP contribution is -2.53. The minimum absolute atomic E-state index is 0.0219. The van der Waals surface area contributed by atoms with Gasteiger partial charge in [0.05, 0.1) is 36.0 Å². The molecule has 0 aromatic heterocycles. The number of sulfone groups is 1. The highest BCUT2D eigenvalue weighted by atomic mass is 32.2. The summed E-state index contributed by atoms with van der Waals surface area (Å²) < 4.78 is 66.5. The molecule has 12 heteroatoms. The molecular weight excluding hydrogens is 889 g/mol. The highest BCUT2D eigenvalue weighted by molar-refractivity contribution is 7.91. The molecule has 0 N–H and O–H groups in total. The van der Waals surface area contributed by atoms with Gasteiger partial charge in [-0.3, -0.25) is 9.69 Å². The van der Waals surface area contributed by atoms with Crippen molar-refractivity contribution in [2.24, 2.45) is 0 Å². The molecule has 0 aliphatic carbocycles. The third-order valence-corrected chi connectivity index (χ3v) is 14.9. The number of hydrogen-bond donors (Lipinski definition) is 0. The first-order chi connectivity index (χ1) is 33.6. The molecule has 4 atom stereocenters. The lowest BCUT2D eigenvalue weighted by atomic mass is 9.85. The van der Waals surface area contributed by atoms with Crippen molar-refractivity contribution in [2.45, 2.75) is 80.6 Å². The van der Waals surface area contributed by atoms with E-state index in [9.17, 15) is 4.79 Å². The van der Waals surface area contributed by atoms with Gasteiger partial charge in [0.1, 0.15) is 17.2 Å². The quantitative estimate of drug-likeness (QED) is 0.0482. The molecule has 6 aromatic rings. The summed E-state index contributed by atoms with van der Waals surface area (Å²) in [4.78, 5) is 16.9. The van der Waals surface area contributed by atoms with Crippen LogP contribution in [0.4, 0.5) is 5.69 Å². The summed E-state index contributed by atoms with van der Waals surface area (Å²) in [6, 6.07) is 49.3. The van der Waals surface area contributed by atoms with Gasteiger partial charge in [-0.1, -0.05) is 109 Å². The van der Waals surface area contributed by atoms with E-state index in [4.69, 9.17) is 28.4 Å². The monoisotopic (exact) mass is 952 g/mol. The zero-order chi connectivity index (χ0) is 48.2. The smallest absolute Gasteiger partial charge is 0.265 e. The molecule has 2 heterocycles. The molecule has 6 aromatic carbocycles. The highest BCUT2D eigenvalue weighted by Gasteiger charge is 2.41. The fraction of sp³-hybridized carbons (Fsp3) is 0.351. The Morgan fingerprint density at radius 3 is 2.16 bits per heavy atom. The molecule has 362 valence electrons. The first kappa shape index (κ1) is 49.4. The van der Waals surface area contributed by atoms with Crippen molar-refractivity contribution in [1.29, 1.82) is 0 Å². The average Bonchev–Trinajstić information content (AvgIpc) is 3.38. The SMILES string of the molecule is COCCCN1C(=O)COc2ccc(CO[C@H]3CN(C(Oc4cccc(C(c5ccccc5)c5ccccc5)c4)S(=O)(=O)c4ccc(C)cc4)CC[C@@H]3c3ccc(OCCC[C@@H](C)OC)cc3)cc21. The Bertz CT molecular complexity index is 2640. The molecule has 1 amide bonds. The second-order valence-corrected chi connectivity index (χ2v) is 19.9. The molecule has 0 radical (unpaired) electrons. The van der Waals surface area contributed by atoms with E-state index in [1.165, 1.54) is 0 Å². The van der Waals surface area contributed by atoms with E-state index in [0.717, 1.165) is 52.0 Å². The maximum Gasteiger partial charge on any atom is 0.265 e. The Morgan fingerprint density at radius 1 is 0.754 bits per heavy atom. The summed E-state index contributed by atoms with van der Waals surface area (Å²) in [6.45, 7) is 6.46. The number of carbonyl (C=O) groups is 1. The summed E-state index contributed by atoms with van der Waals surface area (Å²) in [5.74, 6) is 1.54. The van der Waals surface area contributed by atoms with Crippen LogP contribution in [0, 0.1) is 6.92 Å². The topological polar surface area (TPSA) is 113 Å². The van der Waals surface area contributed by atoms with Crippen LogP contribution < -0.4 is 19.1 Å². The van der Waals surface area contributed by atoms with Gasteiger partial charge in [0.2, 0.25) is 9.84 Å². The van der Waals surface area contributed by atoms with Gasteiger partial charge in [-0.15, -0.1) is 0 Å². The molecule has 1 unspecified atom stereocenters. The number of carbonyl (C=O) groups excluding carboxylic acids is 1. The van der Waals surface area contributed by atoms with Crippen molar-refractivity contribution in [1.82, 2.24) is 4.90 Å². The lowest BCUT2D eigenvalue weighted by molar-refractivity contribution is -0.121. The number of rotatable bonds is 22. The third-order valence-electron chi connectivity index (χ3n) is 13.1. The van der Waals surface area contributed by atoms with E-state index in [-0.39, 0.29) is 48.5 Å². The maximum absolute atomic E-state index is 15.1. The van der Waals surface area contributed by atoms with Crippen molar-refractivity contribution < 1.29 is 41.6 Å². The first-order valence-electron chi connectivity index (χ1n) is 23.9. The second-order valence-electron chi connectivity index (χ2n) is 17.9. The average molecular weight is 953 g/mol. The molecule has 1 fully saturated rings. The number of anilines is 1. The van der Waals surface area contributed by atoms with Crippen LogP contribution in [-0.4, -0.2) is 90.7 Å². The Hall–Kier alpha value is -6.02. The maximum atomic E-state index is 15.1. The summed E-state index contributed by atoms with van der Waals surface area (Å²) in [5, 5.41) is 0. The Kier molecular flexibility index (Phi) is 16.8. The number of likely N-dealkylation sites (tertiary alicyclic amines) is 1. The van der Waals surface area contributed by atoms with E-state index < -0.39 is 21.5 Å². The van der Waals surface area contributed by atoms with Crippen LogP contribution >= 0.6 is 0 Å². The van der Waals surface area contributed by atoms with Gasteiger partial charge in [-0.25, -0.2) is 8.42 Å². The van der Waals surface area contributed by atoms with Crippen molar-refractivity contribution in [3.05, 3.63) is 185 Å². The Morgan fingerprint density at radius 2 is 1.46 bits per heavy atom. The number of ether oxygens (including phenoxy) is 6. The van der Waals surface area contributed by atoms with E-state index in [2.05, 4.69) is 49.4 Å². The number of benzene rings is 6. The molecule has 0 bridgehead atoms. The molecule has 11 nitrogen and oxygen atoms in total. The number of amides is 1. The normalized spacial score (nSPS) is 17.2. The van der Waals surface area contributed by atoms with Crippen LogP contribution in [0.1, 0.15) is 77.8 Å². The van der Waals surface area contributed by atoms with Gasteiger partial charge < -0.3 is 33.3 Å². The minimum Gasteiger partial charge on any atom is -0.494 e. The highest BCUT2D eigenvalue weighted by Crippen LogP contribution is 2.39. The number of aryl methyl sites for hydroxylation is 1. The van der Waals surface area contributed by atoms with Gasteiger partial charge in [-0.05, 0) is 116 Å². The van der Waals surface area contributed by atoms with Crippen LogP contribution in [0.3, 0.4) is 0 Å². The summed E-state index contributed by atoms with van der Waals surface area (Å²) in [5.41, 5.74) is 5.39.